The van der Waals surface area contributed by atoms with Crippen LogP contribution in [0.2, 0.25) is 0 Å². The molecular formula is C15H20N2O. The minimum absolute atomic E-state index is 0.300. The molecule has 0 amide bonds. The Hall–Kier alpha value is -1.45. The van der Waals surface area contributed by atoms with Gasteiger partial charge in [-0.05, 0) is 31.5 Å². The Balaban J connectivity index is 1.91. The van der Waals surface area contributed by atoms with Crippen LogP contribution >= 0.6 is 0 Å². The molecule has 2 rings (SSSR count). The Morgan fingerprint density at radius 1 is 1.22 bits per heavy atom. The molecule has 0 saturated heterocycles. The van der Waals surface area contributed by atoms with E-state index >= 15 is 0 Å². The third-order valence-electron chi connectivity index (χ3n) is 2.78. The number of fused-ring (bicyclic) bond motifs is 1. The fraction of sp³-hybridized carbons (Fsp3) is 0.400. The maximum atomic E-state index is 5.49. The van der Waals surface area contributed by atoms with E-state index in [0.717, 1.165) is 25.2 Å². The predicted octanol–water partition coefficient (Wildman–Crippen LogP) is 2.75. The van der Waals surface area contributed by atoms with Gasteiger partial charge in [0.2, 0.25) is 0 Å². The zero-order valence-corrected chi connectivity index (χ0v) is 11.0. The Morgan fingerprint density at radius 3 is 2.89 bits per heavy atom. The Bertz CT molecular complexity index is 491. The molecule has 0 aliphatic rings. The summed E-state index contributed by atoms with van der Waals surface area (Å²) < 4.78 is 5.49. The fourth-order valence-corrected chi connectivity index (χ4v) is 1.90. The lowest BCUT2D eigenvalue weighted by Gasteiger charge is -2.09. The highest BCUT2D eigenvalue weighted by Crippen LogP contribution is 2.15. The number of pyridine rings is 1. The van der Waals surface area contributed by atoms with Gasteiger partial charge in [0.05, 0.1) is 18.2 Å². The first kappa shape index (κ1) is 13.0. The van der Waals surface area contributed by atoms with E-state index in [1.165, 1.54) is 10.9 Å². The molecule has 0 aliphatic heterocycles. The summed E-state index contributed by atoms with van der Waals surface area (Å²) in [6.07, 6.45) is 2.16. The lowest BCUT2D eigenvalue weighted by molar-refractivity contribution is 0.0807. The van der Waals surface area contributed by atoms with Gasteiger partial charge in [-0.3, -0.25) is 4.98 Å². The predicted molar refractivity (Wildman–Crippen MR) is 74.5 cm³/mol. The molecule has 3 heteroatoms. The van der Waals surface area contributed by atoms with Gasteiger partial charge in [0.25, 0.3) is 0 Å². The first-order chi connectivity index (χ1) is 8.77. The molecule has 0 fully saturated rings. The number of nitrogens with one attached hydrogen (secondary N) is 1. The number of nitrogens with zero attached hydrogens (tertiary/aromatic N) is 1. The molecule has 0 radical (unpaired) electrons. The van der Waals surface area contributed by atoms with Crippen molar-refractivity contribution < 1.29 is 4.74 Å². The number of hydrogen-bond acceptors (Lipinski definition) is 3. The zero-order valence-electron chi connectivity index (χ0n) is 11.0. The van der Waals surface area contributed by atoms with Gasteiger partial charge in [-0.2, -0.15) is 0 Å². The summed E-state index contributed by atoms with van der Waals surface area (Å²) in [5.41, 5.74) is 2.33. The van der Waals surface area contributed by atoms with Crippen molar-refractivity contribution in [1.82, 2.24) is 10.3 Å². The van der Waals surface area contributed by atoms with Crippen molar-refractivity contribution in [1.29, 1.82) is 0 Å². The first-order valence-electron chi connectivity index (χ1n) is 6.42. The van der Waals surface area contributed by atoms with Crippen LogP contribution in [0.1, 0.15) is 19.4 Å². The molecule has 1 heterocycles. The average Bonchev–Trinajstić information content (AvgIpc) is 2.38. The topological polar surface area (TPSA) is 34.1 Å². The lowest BCUT2D eigenvalue weighted by Crippen LogP contribution is -2.21. The quantitative estimate of drug-likeness (QED) is 0.793. The first-order valence-corrected chi connectivity index (χ1v) is 6.42. The minimum atomic E-state index is 0.300. The van der Waals surface area contributed by atoms with Crippen LogP contribution < -0.4 is 5.32 Å². The SMILES string of the molecule is CC(C)OCCNCc1ccnc2ccccc12. The second kappa shape index (κ2) is 6.47. The molecule has 0 bridgehead atoms. The van der Waals surface area contributed by atoms with E-state index < -0.39 is 0 Å². The number of para-hydroxylation sites is 1. The molecular weight excluding hydrogens is 224 g/mol. The maximum Gasteiger partial charge on any atom is 0.0705 e. The van der Waals surface area contributed by atoms with E-state index in [4.69, 9.17) is 4.74 Å². The van der Waals surface area contributed by atoms with Crippen molar-refractivity contribution in [2.24, 2.45) is 0 Å². The van der Waals surface area contributed by atoms with E-state index in [1.807, 2.05) is 18.3 Å². The van der Waals surface area contributed by atoms with Crippen LogP contribution in [-0.2, 0) is 11.3 Å². The monoisotopic (exact) mass is 244 g/mol. The molecule has 1 aromatic carbocycles. The third-order valence-corrected chi connectivity index (χ3v) is 2.78. The van der Waals surface area contributed by atoms with E-state index in [0.29, 0.717) is 6.10 Å². The second-order valence-electron chi connectivity index (χ2n) is 4.58. The van der Waals surface area contributed by atoms with Crippen LogP contribution in [-0.4, -0.2) is 24.2 Å². The Kier molecular flexibility index (Phi) is 4.67. The molecule has 1 N–H and O–H groups in total. The van der Waals surface area contributed by atoms with Crippen molar-refractivity contribution in [3.05, 3.63) is 42.1 Å². The summed E-state index contributed by atoms with van der Waals surface area (Å²) in [5.74, 6) is 0. The Labute approximate surface area is 108 Å². The maximum absolute atomic E-state index is 5.49. The second-order valence-corrected chi connectivity index (χ2v) is 4.58. The fourth-order valence-electron chi connectivity index (χ4n) is 1.90. The van der Waals surface area contributed by atoms with Gasteiger partial charge in [-0.25, -0.2) is 0 Å². The zero-order chi connectivity index (χ0) is 12.8. The molecule has 1 aromatic heterocycles. The summed E-state index contributed by atoms with van der Waals surface area (Å²) in [5, 5.41) is 4.62. The summed E-state index contributed by atoms with van der Waals surface area (Å²) in [6, 6.07) is 10.3. The van der Waals surface area contributed by atoms with E-state index in [2.05, 4.69) is 42.3 Å². The van der Waals surface area contributed by atoms with E-state index in [-0.39, 0.29) is 0 Å². The van der Waals surface area contributed by atoms with Crippen LogP contribution in [0.5, 0.6) is 0 Å². The van der Waals surface area contributed by atoms with Gasteiger partial charge in [-0.1, -0.05) is 18.2 Å². The standard InChI is InChI=1S/C15H20N2O/c1-12(2)18-10-9-16-11-13-7-8-17-15-6-4-3-5-14(13)15/h3-8,12,16H,9-11H2,1-2H3. The van der Waals surface area contributed by atoms with Gasteiger partial charge in [0.1, 0.15) is 0 Å². The van der Waals surface area contributed by atoms with Crippen LogP contribution in [0, 0.1) is 0 Å². The molecule has 96 valence electrons. The van der Waals surface area contributed by atoms with Gasteiger partial charge >= 0.3 is 0 Å². The third kappa shape index (κ3) is 3.52. The summed E-state index contributed by atoms with van der Waals surface area (Å²) in [6.45, 7) is 6.58. The minimum Gasteiger partial charge on any atom is -0.377 e. The van der Waals surface area contributed by atoms with Crippen LogP contribution in [0.25, 0.3) is 10.9 Å². The van der Waals surface area contributed by atoms with Crippen molar-refractivity contribution in [2.45, 2.75) is 26.5 Å². The molecule has 0 atom stereocenters. The summed E-state index contributed by atoms with van der Waals surface area (Å²) >= 11 is 0. The molecule has 0 saturated carbocycles. The Morgan fingerprint density at radius 2 is 2.06 bits per heavy atom. The number of ether oxygens (including phenoxy) is 1. The van der Waals surface area contributed by atoms with Crippen molar-refractivity contribution in [2.75, 3.05) is 13.2 Å². The highest BCUT2D eigenvalue weighted by molar-refractivity contribution is 5.81. The summed E-state index contributed by atoms with van der Waals surface area (Å²) in [4.78, 5) is 4.36. The van der Waals surface area contributed by atoms with Crippen LogP contribution in [0.15, 0.2) is 36.5 Å². The van der Waals surface area contributed by atoms with Gasteiger partial charge in [0.15, 0.2) is 0 Å². The van der Waals surface area contributed by atoms with Crippen LogP contribution in [0.3, 0.4) is 0 Å². The largest absolute Gasteiger partial charge is 0.377 e. The molecule has 0 spiro atoms. The highest BCUT2D eigenvalue weighted by atomic mass is 16.5. The number of hydrogen-bond donors (Lipinski definition) is 1. The van der Waals surface area contributed by atoms with Crippen molar-refractivity contribution >= 4 is 10.9 Å². The van der Waals surface area contributed by atoms with Gasteiger partial charge in [-0.15, -0.1) is 0 Å². The lowest BCUT2D eigenvalue weighted by atomic mass is 10.1. The van der Waals surface area contributed by atoms with Crippen molar-refractivity contribution in [3.63, 3.8) is 0 Å². The summed E-state index contributed by atoms with van der Waals surface area (Å²) in [7, 11) is 0. The molecule has 0 unspecified atom stereocenters. The highest BCUT2D eigenvalue weighted by Gasteiger charge is 2.00. The molecule has 3 nitrogen and oxygen atoms in total. The molecule has 18 heavy (non-hydrogen) atoms. The van der Waals surface area contributed by atoms with E-state index in [9.17, 15) is 0 Å². The number of aromatic nitrogens is 1. The number of benzene rings is 1. The number of rotatable bonds is 6. The molecule has 0 aliphatic carbocycles. The van der Waals surface area contributed by atoms with Gasteiger partial charge in [0, 0.05) is 24.7 Å². The van der Waals surface area contributed by atoms with Gasteiger partial charge < -0.3 is 10.1 Å². The average molecular weight is 244 g/mol. The van der Waals surface area contributed by atoms with Crippen LogP contribution in [0.4, 0.5) is 0 Å². The smallest absolute Gasteiger partial charge is 0.0705 e. The normalized spacial score (nSPS) is 11.3. The molecule has 2 aromatic rings. The van der Waals surface area contributed by atoms with E-state index in [1.54, 1.807) is 0 Å². The van der Waals surface area contributed by atoms with Crippen molar-refractivity contribution in [3.8, 4) is 0 Å².